The summed E-state index contributed by atoms with van der Waals surface area (Å²) in [6, 6.07) is 4.55. The summed E-state index contributed by atoms with van der Waals surface area (Å²) in [6.07, 6.45) is 0. The van der Waals surface area contributed by atoms with E-state index in [0.717, 1.165) is 0 Å². The molecule has 0 unspecified atom stereocenters. The van der Waals surface area contributed by atoms with Crippen molar-refractivity contribution in [1.29, 1.82) is 0 Å². The third-order valence-corrected chi connectivity index (χ3v) is 3.97. The van der Waals surface area contributed by atoms with Crippen LogP contribution in [-0.4, -0.2) is 15.2 Å². The van der Waals surface area contributed by atoms with Crippen molar-refractivity contribution in [3.63, 3.8) is 0 Å². The predicted molar refractivity (Wildman–Crippen MR) is 53.8 cm³/mol. The lowest BCUT2D eigenvalue weighted by atomic mass is 10.3. The molecule has 0 saturated heterocycles. The molecular weight excluding hydrogens is 307 g/mol. The van der Waals surface area contributed by atoms with Crippen molar-refractivity contribution >= 4 is 28.2 Å². The van der Waals surface area contributed by atoms with E-state index < -0.39 is 7.01 Å². The van der Waals surface area contributed by atoms with Crippen LogP contribution in [0.5, 0.6) is 11.5 Å². The van der Waals surface area contributed by atoms with Gasteiger partial charge in [-0.2, -0.15) is 0 Å². The molecule has 0 bridgehead atoms. The molecule has 0 N–H and O–H groups in total. The predicted octanol–water partition coefficient (Wildman–Crippen LogP) is 1.54. The van der Waals surface area contributed by atoms with Gasteiger partial charge in [-0.15, -0.1) is 0 Å². The zero-order valence-electron chi connectivity index (χ0n) is 6.36. The molecular formula is C7H5IO4S. The van der Waals surface area contributed by atoms with Gasteiger partial charge in [0.2, 0.25) is 13.8 Å². The molecule has 0 saturated carbocycles. The van der Waals surface area contributed by atoms with E-state index in [-0.39, 0.29) is 11.7 Å². The Balaban J connectivity index is 2.54. The molecule has 1 aliphatic heterocycles. The molecule has 0 amide bonds. The van der Waals surface area contributed by atoms with Crippen molar-refractivity contribution in [3.8, 4) is 11.5 Å². The van der Waals surface area contributed by atoms with E-state index in [4.69, 9.17) is 9.47 Å². The summed E-state index contributed by atoms with van der Waals surface area (Å²) < 4.78 is 32.3. The zero-order chi connectivity index (χ0) is 9.47. The van der Waals surface area contributed by atoms with Crippen LogP contribution in [0.3, 0.4) is 0 Å². The van der Waals surface area contributed by atoms with Crippen molar-refractivity contribution in [2.75, 3.05) is 6.79 Å². The van der Waals surface area contributed by atoms with Gasteiger partial charge in [-0.3, -0.25) is 0 Å². The monoisotopic (exact) mass is 312 g/mol. The summed E-state index contributed by atoms with van der Waals surface area (Å²) in [4.78, 5) is 0.234. The van der Waals surface area contributed by atoms with Gasteiger partial charge in [-0.25, -0.2) is 8.42 Å². The van der Waals surface area contributed by atoms with Gasteiger partial charge < -0.3 is 9.47 Å². The summed E-state index contributed by atoms with van der Waals surface area (Å²) in [5.74, 6) is 1.07. The minimum absolute atomic E-state index is 0.153. The summed E-state index contributed by atoms with van der Waals surface area (Å²) in [5.41, 5.74) is 0. The lowest BCUT2D eigenvalue weighted by Crippen LogP contribution is -1.93. The van der Waals surface area contributed by atoms with E-state index in [9.17, 15) is 8.42 Å². The fourth-order valence-corrected chi connectivity index (χ4v) is 2.33. The second-order valence-corrected chi connectivity index (χ2v) is 7.28. The molecule has 4 nitrogen and oxygen atoms in total. The maximum absolute atomic E-state index is 11.1. The molecule has 0 aromatic heterocycles. The Morgan fingerprint density at radius 2 is 1.92 bits per heavy atom. The second kappa shape index (κ2) is 3.02. The molecule has 0 spiro atoms. The molecule has 2 rings (SSSR count). The molecule has 13 heavy (non-hydrogen) atoms. The van der Waals surface area contributed by atoms with Gasteiger partial charge in [-0.05, 0) is 12.1 Å². The van der Waals surface area contributed by atoms with E-state index in [1.807, 2.05) is 0 Å². The van der Waals surface area contributed by atoms with Crippen LogP contribution in [-0.2, 0) is 7.01 Å². The number of fused-ring (bicyclic) bond motifs is 1. The zero-order valence-corrected chi connectivity index (χ0v) is 9.33. The Morgan fingerprint density at radius 1 is 1.23 bits per heavy atom. The van der Waals surface area contributed by atoms with Gasteiger partial charge in [0, 0.05) is 6.07 Å². The average molecular weight is 312 g/mol. The molecule has 1 aromatic rings. The first-order valence-corrected chi connectivity index (χ1v) is 7.44. The van der Waals surface area contributed by atoms with Crippen molar-refractivity contribution < 1.29 is 17.9 Å². The first-order chi connectivity index (χ1) is 6.07. The van der Waals surface area contributed by atoms with Gasteiger partial charge in [0.25, 0.3) is 0 Å². The standard InChI is InChI=1S/C7H5IO4S/c8-13(9,10)5-1-2-6-7(3-5)12-4-11-6/h1-3H,4H2. The Bertz CT molecular complexity index is 440. The summed E-state index contributed by atoms with van der Waals surface area (Å²) in [7, 11) is -3.19. The first-order valence-electron chi connectivity index (χ1n) is 3.42. The third-order valence-electron chi connectivity index (χ3n) is 1.63. The minimum Gasteiger partial charge on any atom is -0.454 e. The van der Waals surface area contributed by atoms with Crippen molar-refractivity contribution in [2.24, 2.45) is 0 Å². The van der Waals surface area contributed by atoms with Crippen molar-refractivity contribution in [2.45, 2.75) is 4.90 Å². The third kappa shape index (κ3) is 1.73. The lowest BCUT2D eigenvalue weighted by Gasteiger charge is -1.98. The molecule has 6 heteroatoms. The van der Waals surface area contributed by atoms with Crippen LogP contribution in [0.1, 0.15) is 0 Å². The van der Waals surface area contributed by atoms with Gasteiger partial charge >= 0.3 is 0 Å². The van der Waals surface area contributed by atoms with E-state index in [2.05, 4.69) is 0 Å². The van der Waals surface area contributed by atoms with Gasteiger partial charge in [0.1, 0.15) is 0 Å². The maximum atomic E-state index is 11.1. The van der Waals surface area contributed by atoms with Crippen molar-refractivity contribution in [3.05, 3.63) is 18.2 Å². The highest BCUT2D eigenvalue weighted by atomic mass is 127. The molecule has 0 fully saturated rings. The summed E-state index contributed by atoms with van der Waals surface area (Å²) in [6.45, 7) is 0.153. The second-order valence-electron chi connectivity index (χ2n) is 2.45. The van der Waals surface area contributed by atoms with E-state index >= 15 is 0 Å². The number of benzene rings is 1. The number of rotatable bonds is 1. The molecule has 1 heterocycles. The topological polar surface area (TPSA) is 52.6 Å². The molecule has 70 valence electrons. The maximum Gasteiger partial charge on any atom is 0.231 e. The van der Waals surface area contributed by atoms with Crippen LogP contribution in [0.2, 0.25) is 0 Å². The van der Waals surface area contributed by atoms with Gasteiger partial charge in [0.15, 0.2) is 11.5 Å². The smallest absolute Gasteiger partial charge is 0.231 e. The fourth-order valence-electron chi connectivity index (χ4n) is 1.03. The molecule has 0 atom stereocenters. The van der Waals surface area contributed by atoms with Crippen LogP contribution in [0.25, 0.3) is 0 Å². The fraction of sp³-hybridized carbons (Fsp3) is 0.143. The molecule has 0 aliphatic carbocycles. The molecule has 1 aromatic carbocycles. The van der Waals surface area contributed by atoms with E-state index in [1.54, 1.807) is 6.07 Å². The normalized spacial score (nSPS) is 14.5. The highest BCUT2D eigenvalue weighted by Gasteiger charge is 2.17. The van der Waals surface area contributed by atoms with Crippen LogP contribution in [0.15, 0.2) is 23.1 Å². The van der Waals surface area contributed by atoms with Crippen molar-refractivity contribution in [1.82, 2.24) is 0 Å². The summed E-state index contributed by atoms with van der Waals surface area (Å²) >= 11 is 1.38. The number of ether oxygens (including phenoxy) is 2. The average Bonchev–Trinajstić information content (AvgIpc) is 2.47. The first kappa shape index (κ1) is 9.07. The number of hydrogen-bond acceptors (Lipinski definition) is 4. The Hall–Kier alpha value is -0.500. The Kier molecular flexibility index (Phi) is 2.11. The molecule has 1 aliphatic rings. The van der Waals surface area contributed by atoms with Crippen LogP contribution in [0.4, 0.5) is 0 Å². The largest absolute Gasteiger partial charge is 0.454 e. The van der Waals surface area contributed by atoms with Gasteiger partial charge in [-0.1, -0.05) is 0 Å². The quantitative estimate of drug-likeness (QED) is 0.583. The number of halogens is 1. The highest BCUT2D eigenvalue weighted by Crippen LogP contribution is 2.34. The summed E-state index contributed by atoms with van der Waals surface area (Å²) in [5, 5.41) is 0. The van der Waals surface area contributed by atoms with Crippen LogP contribution in [0, 0.1) is 0 Å². The van der Waals surface area contributed by atoms with E-state index in [1.165, 1.54) is 33.3 Å². The van der Waals surface area contributed by atoms with E-state index in [0.29, 0.717) is 11.5 Å². The molecule has 0 radical (unpaired) electrons. The lowest BCUT2D eigenvalue weighted by molar-refractivity contribution is 0.174. The number of hydrogen-bond donors (Lipinski definition) is 0. The Morgan fingerprint density at radius 3 is 2.62 bits per heavy atom. The highest BCUT2D eigenvalue weighted by molar-refractivity contribution is 14.2. The van der Waals surface area contributed by atoms with Crippen LogP contribution < -0.4 is 9.47 Å². The van der Waals surface area contributed by atoms with Crippen LogP contribution >= 0.6 is 21.2 Å². The minimum atomic E-state index is -3.19. The van der Waals surface area contributed by atoms with Gasteiger partial charge in [0.05, 0.1) is 26.1 Å². The Labute approximate surface area is 87.4 Å². The SMILES string of the molecule is O=S(=O)(I)c1ccc2c(c1)OCO2.